The lowest BCUT2D eigenvalue weighted by Gasteiger charge is -2.28. The van der Waals surface area contributed by atoms with Gasteiger partial charge in [-0.05, 0) is 56.8 Å². The van der Waals surface area contributed by atoms with Crippen molar-refractivity contribution in [1.29, 1.82) is 0 Å². The van der Waals surface area contributed by atoms with Gasteiger partial charge in [-0.1, -0.05) is 32.4 Å². The van der Waals surface area contributed by atoms with Crippen LogP contribution >= 0.6 is 0 Å². The topological polar surface area (TPSA) is 20.2 Å². The van der Waals surface area contributed by atoms with Crippen LogP contribution in [0.15, 0.2) is 11.6 Å². The van der Waals surface area contributed by atoms with Crippen molar-refractivity contribution in [3.8, 4) is 0 Å². The summed E-state index contributed by atoms with van der Waals surface area (Å²) in [5.41, 5.74) is 1.55. The summed E-state index contributed by atoms with van der Waals surface area (Å²) in [5, 5.41) is 9.96. The van der Waals surface area contributed by atoms with E-state index in [1.54, 1.807) is 5.57 Å². The Bertz CT molecular complexity index is 230. The minimum atomic E-state index is -0.0954. The maximum atomic E-state index is 9.96. The highest BCUT2D eigenvalue weighted by atomic mass is 16.3. The minimum Gasteiger partial charge on any atom is -0.393 e. The highest BCUT2D eigenvalue weighted by Crippen LogP contribution is 2.32. The molecule has 16 heavy (non-hydrogen) atoms. The Kier molecular flexibility index (Phi) is 5.54. The van der Waals surface area contributed by atoms with Crippen LogP contribution in [0.2, 0.25) is 0 Å². The van der Waals surface area contributed by atoms with Gasteiger partial charge >= 0.3 is 0 Å². The van der Waals surface area contributed by atoms with E-state index in [-0.39, 0.29) is 6.10 Å². The number of aliphatic hydroxyl groups is 1. The van der Waals surface area contributed by atoms with Crippen LogP contribution in [0.3, 0.4) is 0 Å². The van der Waals surface area contributed by atoms with Crippen LogP contribution in [-0.4, -0.2) is 11.2 Å². The predicted octanol–water partition coefficient (Wildman–Crippen LogP) is 4.17. The molecule has 0 saturated carbocycles. The van der Waals surface area contributed by atoms with Crippen molar-refractivity contribution in [1.82, 2.24) is 0 Å². The van der Waals surface area contributed by atoms with Crippen LogP contribution in [-0.2, 0) is 0 Å². The normalized spacial score (nSPS) is 25.4. The van der Waals surface area contributed by atoms with Crippen molar-refractivity contribution in [2.45, 2.75) is 65.9 Å². The lowest BCUT2D eigenvalue weighted by molar-refractivity contribution is 0.106. The molecular formula is C15H28O. The molecule has 3 atom stereocenters. The maximum Gasteiger partial charge on any atom is 0.0545 e. The molecule has 1 aliphatic rings. The van der Waals surface area contributed by atoms with E-state index >= 15 is 0 Å². The smallest absolute Gasteiger partial charge is 0.0545 e. The van der Waals surface area contributed by atoms with E-state index in [4.69, 9.17) is 0 Å². The van der Waals surface area contributed by atoms with Gasteiger partial charge in [0.25, 0.3) is 0 Å². The van der Waals surface area contributed by atoms with E-state index in [1.165, 1.54) is 19.3 Å². The quantitative estimate of drug-likeness (QED) is 0.695. The SMILES string of the molecule is CC1=CC[C@@H]([C@@H](C)CC(O)CC(C)C)CC1. The van der Waals surface area contributed by atoms with Gasteiger partial charge in [-0.2, -0.15) is 0 Å². The van der Waals surface area contributed by atoms with Crippen LogP contribution < -0.4 is 0 Å². The molecule has 0 aliphatic heterocycles. The number of allylic oxidation sites excluding steroid dienone is 2. The van der Waals surface area contributed by atoms with Crippen molar-refractivity contribution in [3.63, 3.8) is 0 Å². The summed E-state index contributed by atoms with van der Waals surface area (Å²) in [7, 11) is 0. The molecule has 1 nitrogen and oxygen atoms in total. The van der Waals surface area contributed by atoms with Gasteiger partial charge in [-0.3, -0.25) is 0 Å². The second-order valence-electron chi connectivity index (χ2n) is 6.08. The second kappa shape index (κ2) is 6.44. The van der Waals surface area contributed by atoms with E-state index in [1.807, 2.05) is 0 Å². The van der Waals surface area contributed by atoms with Gasteiger partial charge in [0.1, 0.15) is 0 Å². The Labute approximate surface area is 101 Å². The summed E-state index contributed by atoms with van der Waals surface area (Å²) in [4.78, 5) is 0. The van der Waals surface area contributed by atoms with E-state index in [2.05, 4.69) is 33.8 Å². The number of hydrogen-bond donors (Lipinski definition) is 1. The van der Waals surface area contributed by atoms with Gasteiger partial charge in [0.15, 0.2) is 0 Å². The van der Waals surface area contributed by atoms with Gasteiger partial charge in [0.05, 0.1) is 6.10 Å². The molecule has 0 fully saturated rings. The average molecular weight is 224 g/mol. The highest BCUT2D eigenvalue weighted by Gasteiger charge is 2.21. The standard InChI is InChI=1S/C15H28O/c1-11(2)9-15(16)10-13(4)14-7-5-12(3)6-8-14/h5,11,13-16H,6-10H2,1-4H3/t13-,14+,15?/m0/s1. The number of aliphatic hydroxyl groups excluding tert-OH is 1. The van der Waals surface area contributed by atoms with Gasteiger partial charge in [0.2, 0.25) is 0 Å². The Morgan fingerprint density at radius 3 is 2.50 bits per heavy atom. The van der Waals surface area contributed by atoms with E-state index in [0.29, 0.717) is 11.8 Å². The molecular weight excluding hydrogens is 196 g/mol. The van der Waals surface area contributed by atoms with Crippen LogP contribution in [0, 0.1) is 17.8 Å². The zero-order chi connectivity index (χ0) is 12.1. The van der Waals surface area contributed by atoms with Crippen LogP contribution in [0.4, 0.5) is 0 Å². The number of rotatable bonds is 5. The van der Waals surface area contributed by atoms with E-state index in [9.17, 15) is 5.11 Å². The molecule has 0 amide bonds. The lowest BCUT2D eigenvalue weighted by Crippen LogP contribution is -2.21. The van der Waals surface area contributed by atoms with Crippen LogP contribution in [0.1, 0.15) is 59.8 Å². The summed E-state index contributed by atoms with van der Waals surface area (Å²) < 4.78 is 0. The first-order chi connectivity index (χ1) is 7.49. The lowest BCUT2D eigenvalue weighted by atomic mass is 9.79. The van der Waals surface area contributed by atoms with Crippen molar-refractivity contribution >= 4 is 0 Å². The van der Waals surface area contributed by atoms with Gasteiger partial charge < -0.3 is 5.11 Å². The van der Waals surface area contributed by atoms with E-state index < -0.39 is 0 Å². The molecule has 1 heteroatoms. The van der Waals surface area contributed by atoms with Crippen molar-refractivity contribution in [2.24, 2.45) is 17.8 Å². The van der Waals surface area contributed by atoms with E-state index in [0.717, 1.165) is 18.8 Å². The molecule has 1 N–H and O–H groups in total. The molecule has 0 aromatic carbocycles. The summed E-state index contributed by atoms with van der Waals surface area (Å²) in [6.07, 6.45) is 8.03. The Morgan fingerprint density at radius 2 is 2.00 bits per heavy atom. The molecule has 0 radical (unpaired) electrons. The molecule has 0 bridgehead atoms. The Hall–Kier alpha value is -0.300. The third-order valence-corrected chi connectivity index (χ3v) is 3.87. The fourth-order valence-electron chi connectivity index (χ4n) is 2.76. The molecule has 0 aromatic rings. The average Bonchev–Trinajstić information content (AvgIpc) is 2.16. The summed E-state index contributed by atoms with van der Waals surface area (Å²) in [6, 6.07) is 0. The third-order valence-electron chi connectivity index (χ3n) is 3.87. The molecule has 94 valence electrons. The molecule has 0 aromatic heterocycles. The van der Waals surface area contributed by atoms with Crippen molar-refractivity contribution in [3.05, 3.63) is 11.6 Å². The van der Waals surface area contributed by atoms with Crippen molar-refractivity contribution in [2.75, 3.05) is 0 Å². The third kappa shape index (κ3) is 4.69. The van der Waals surface area contributed by atoms with Crippen molar-refractivity contribution < 1.29 is 5.11 Å². The molecule has 1 rings (SSSR count). The molecule has 0 spiro atoms. The van der Waals surface area contributed by atoms with Crippen LogP contribution in [0.25, 0.3) is 0 Å². The Balaban J connectivity index is 2.32. The summed E-state index contributed by atoms with van der Waals surface area (Å²) in [6.45, 7) is 8.90. The first-order valence-electron chi connectivity index (χ1n) is 6.82. The zero-order valence-electron chi connectivity index (χ0n) is 11.4. The van der Waals surface area contributed by atoms with Crippen LogP contribution in [0.5, 0.6) is 0 Å². The maximum absolute atomic E-state index is 9.96. The number of hydrogen-bond acceptors (Lipinski definition) is 1. The molecule has 0 heterocycles. The highest BCUT2D eigenvalue weighted by molar-refractivity contribution is 5.03. The first-order valence-corrected chi connectivity index (χ1v) is 6.82. The molecule has 0 saturated heterocycles. The second-order valence-corrected chi connectivity index (χ2v) is 6.08. The largest absolute Gasteiger partial charge is 0.393 e. The van der Waals surface area contributed by atoms with Gasteiger partial charge in [0, 0.05) is 0 Å². The fourth-order valence-corrected chi connectivity index (χ4v) is 2.76. The van der Waals surface area contributed by atoms with Gasteiger partial charge in [-0.15, -0.1) is 0 Å². The van der Waals surface area contributed by atoms with Gasteiger partial charge in [-0.25, -0.2) is 0 Å². The monoisotopic (exact) mass is 224 g/mol. The zero-order valence-corrected chi connectivity index (χ0v) is 11.4. The summed E-state index contributed by atoms with van der Waals surface area (Å²) >= 11 is 0. The summed E-state index contributed by atoms with van der Waals surface area (Å²) in [5.74, 6) is 2.07. The minimum absolute atomic E-state index is 0.0954. The fraction of sp³-hybridized carbons (Fsp3) is 0.867. The predicted molar refractivity (Wildman–Crippen MR) is 70.3 cm³/mol. The Morgan fingerprint density at radius 1 is 1.31 bits per heavy atom. The molecule has 1 aliphatic carbocycles. The first kappa shape index (κ1) is 13.8. The molecule has 1 unspecified atom stereocenters.